The van der Waals surface area contributed by atoms with Crippen LogP contribution >= 0.6 is 11.3 Å². The lowest BCUT2D eigenvalue weighted by Gasteiger charge is -2.04. The van der Waals surface area contributed by atoms with E-state index in [9.17, 15) is 9.18 Å². The highest BCUT2D eigenvalue weighted by molar-refractivity contribution is 7.16. The first kappa shape index (κ1) is 15.8. The number of hydrogen-bond donors (Lipinski definition) is 2. The molecule has 1 heterocycles. The number of urea groups is 1. The maximum absolute atomic E-state index is 12.8. The summed E-state index contributed by atoms with van der Waals surface area (Å²) in [6.07, 6.45) is 3.75. The Morgan fingerprint density at radius 1 is 0.958 bits per heavy atom. The second kappa shape index (κ2) is 7.47. The number of rotatable bonds is 4. The lowest BCUT2D eigenvalue weighted by atomic mass is 10.2. The molecule has 0 aliphatic rings. The van der Waals surface area contributed by atoms with Crippen LogP contribution in [0.25, 0.3) is 12.2 Å². The van der Waals surface area contributed by atoms with Crippen LogP contribution in [0.3, 0.4) is 0 Å². The predicted molar refractivity (Wildman–Crippen MR) is 94.3 cm³/mol. The third-order valence-electron chi connectivity index (χ3n) is 2.98. The van der Waals surface area contributed by atoms with E-state index in [0.717, 1.165) is 5.56 Å². The number of benzene rings is 2. The van der Waals surface area contributed by atoms with Gasteiger partial charge in [-0.2, -0.15) is 0 Å². The molecule has 0 spiro atoms. The fourth-order valence-electron chi connectivity index (χ4n) is 1.88. The zero-order chi connectivity index (χ0) is 16.8. The molecular weight excluding hydrogens is 327 g/mol. The summed E-state index contributed by atoms with van der Waals surface area (Å²) in [5, 5.41) is 14.1. The normalized spacial score (nSPS) is 10.7. The second-order valence-electron chi connectivity index (χ2n) is 4.78. The first-order valence-corrected chi connectivity index (χ1v) is 7.91. The molecular formula is C17H13FN4OS. The molecule has 5 nitrogen and oxygen atoms in total. The van der Waals surface area contributed by atoms with Crippen molar-refractivity contribution in [2.75, 3.05) is 10.6 Å². The van der Waals surface area contributed by atoms with Crippen LogP contribution in [0.15, 0.2) is 54.6 Å². The van der Waals surface area contributed by atoms with Crippen LogP contribution in [0.2, 0.25) is 0 Å². The van der Waals surface area contributed by atoms with E-state index < -0.39 is 6.03 Å². The maximum atomic E-state index is 12.8. The Labute approximate surface area is 141 Å². The van der Waals surface area contributed by atoms with Crippen molar-refractivity contribution < 1.29 is 9.18 Å². The summed E-state index contributed by atoms with van der Waals surface area (Å²) in [5.74, 6) is -0.361. The molecule has 0 bridgehead atoms. The van der Waals surface area contributed by atoms with Crippen LogP contribution < -0.4 is 10.6 Å². The Kier molecular flexibility index (Phi) is 4.93. The summed E-state index contributed by atoms with van der Waals surface area (Å²) in [5.41, 5.74) is 1.54. The van der Waals surface area contributed by atoms with E-state index in [4.69, 9.17) is 0 Å². The number of carbonyl (C=O) groups excluding carboxylic acids is 1. The third-order valence-corrected chi connectivity index (χ3v) is 3.79. The van der Waals surface area contributed by atoms with Gasteiger partial charge in [-0.25, -0.2) is 9.18 Å². The average molecular weight is 340 g/mol. The van der Waals surface area contributed by atoms with Crippen molar-refractivity contribution in [2.24, 2.45) is 0 Å². The van der Waals surface area contributed by atoms with E-state index in [1.807, 2.05) is 42.5 Å². The Balaban J connectivity index is 1.58. The van der Waals surface area contributed by atoms with Crippen LogP contribution in [0.4, 0.5) is 20.0 Å². The average Bonchev–Trinajstić information content (AvgIpc) is 3.03. The molecule has 0 aliphatic heterocycles. The van der Waals surface area contributed by atoms with E-state index in [0.29, 0.717) is 15.8 Å². The van der Waals surface area contributed by atoms with Gasteiger partial charge in [0.15, 0.2) is 0 Å². The largest absolute Gasteiger partial charge is 0.325 e. The summed E-state index contributed by atoms with van der Waals surface area (Å²) in [6.45, 7) is 0. The molecule has 1 aromatic heterocycles. The second-order valence-corrected chi connectivity index (χ2v) is 5.78. The number of carbonyl (C=O) groups is 1. The van der Waals surface area contributed by atoms with Gasteiger partial charge in [0.05, 0.1) is 0 Å². The van der Waals surface area contributed by atoms with Crippen molar-refractivity contribution in [3.8, 4) is 0 Å². The van der Waals surface area contributed by atoms with Crippen LogP contribution in [0.5, 0.6) is 0 Å². The zero-order valence-corrected chi connectivity index (χ0v) is 13.3. The molecule has 3 rings (SSSR count). The summed E-state index contributed by atoms with van der Waals surface area (Å²) in [6, 6.07) is 14.8. The van der Waals surface area contributed by atoms with E-state index >= 15 is 0 Å². The Morgan fingerprint density at radius 2 is 1.71 bits per heavy atom. The van der Waals surface area contributed by atoms with E-state index in [1.54, 1.807) is 0 Å². The fourth-order valence-corrected chi connectivity index (χ4v) is 2.52. The van der Waals surface area contributed by atoms with Crippen molar-refractivity contribution in [2.45, 2.75) is 0 Å². The van der Waals surface area contributed by atoms with Crippen molar-refractivity contribution in [3.63, 3.8) is 0 Å². The highest BCUT2D eigenvalue weighted by Crippen LogP contribution is 2.18. The van der Waals surface area contributed by atoms with Gasteiger partial charge in [-0.1, -0.05) is 47.7 Å². The number of nitrogens with one attached hydrogen (secondary N) is 2. The molecule has 0 unspecified atom stereocenters. The van der Waals surface area contributed by atoms with E-state index in [1.165, 1.54) is 35.6 Å². The molecule has 120 valence electrons. The van der Waals surface area contributed by atoms with E-state index in [-0.39, 0.29) is 5.82 Å². The van der Waals surface area contributed by atoms with Crippen molar-refractivity contribution in [1.82, 2.24) is 10.2 Å². The highest BCUT2D eigenvalue weighted by Gasteiger charge is 2.07. The summed E-state index contributed by atoms with van der Waals surface area (Å²) in [4.78, 5) is 11.9. The number of halogens is 1. The Hall–Kier alpha value is -3.06. The molecule has 7 heteroatoms. The summed E-state index contributed by atoms with van der Waals surface area (Å²) >= 11 is 1.25. The van der Waals surface area contributed by atoms with Gasteiger partial charge in [-0.15, -0.1) is 10.2 Å². The number of amides is 2. The SMILES string of the molecule is O=C(Nc1ccc(F)cc1)Nc1nnc(/C=C/c2ccccc2)s1. The minimum atomic E-state index is -0.462. The van der Waals surface area contributed by atoms with Crippen molar-refractivity contribution >= 4 is 40.3 Å². The topological polar surface area (TPSA) is 66.9 Å². The van der Waals surface area contributed by atoms with Gasteiger partial charge < -0.3 is 5.32 Å². The molecule has 0 saturated heterocycles. The number of nitrogens with zero attached hydrogens (tertiary/aromatic N) is 2. The fraction of sp³-hybridized carbons (Fsp3) is 0. The molecule has 0 atom stereocenters. The summed E-state index contributed by atoms with van der Waals surface area (Å²) < 4.78 is 12.8. The quantitative estimate of drug-likeness (QED) is 0.735. The Bertz CT molecular complexity index is 847. The molecule has 0 aliphatic carbocycles. The first-order valence-electron chi connectivity index (χ1n) is 7.09. The third kappa shape index (κ3) is 4.47. The van der Waals surface area contributed by atoms with Gasteiger partial charge in [0.1, 0.15) is 10.8 Å². The number of aromatic nitrogens is 2. The standard InChI is InChI=1S/C17H13FN4OS/c18-13-7-9-14(10-8-13)19-16(23)20-17-22-21-15(24-17)11-6-12-4-2-1-3-5-12/h1-11H,(H2,19,20,22,23)/b11-6+. The molecule has 24 heavy (non-hydrogen) atoms. The van der Waals surface area contributed by atoms with Gasteiger partial charge in [-0.05, 0) is 35.9 Å². The van der Waals surface area contributed by atoms with Crippen LogP contribution in [-0.4, -0.2) is 16.2 Å². The summed E-state index contributed by atoms with van der Waals surface area (Å²) in [7, 11) is 0. The number of anilines is 2. The Morgan fingerprint density at radius 3 is 2.46 bits per heavy atom. The van der Waals surface area contributed by atoms with Gasteiger partial charge in [0.25, 0.3) is 0 Å². The molecule has 0 radical (unpaired) electrons. The van der Waals surface area contributed by atoms with Gasteiger partial charge >= 0.3 is 6.03 Å². The van der Waals surface area contributed by atoms with Crippen molar-refractivity contribution in [3.05, 3.63) is 71.0 Å². The lowest BCUT2D eigenvalue weighted by molar-refractivity contribution is 0.262. The van der Waals surface area contributed by atoms with Gasteiger partial charge in [-0.3, -0.25) is 5.32 Å². The van der Waals surface area contributed by atoms with Crippen LogP contribution in [0, 0.1) is 5.82 Å². The smallest absolute Gasteiger partial charge is 0.308 e. The van der Waals surface area contributed by atoms with Crippen LogP contribution in [0.1, 0.15) is 10.6 Å². The lowest BCUT2D eigenvalue weighted by Crippen LogP contribution is -2.19. The van der Waals surface area contributed by atoms with Gasteiger partial charge in [0, 0.05) is 5.69 Å². The first-order chi connectivity index (χ1) is 11.7. The van der Waals surface area contributed by atoms with Crippen molar-refractivity contribution in [1.29, 1.82) is 0 Å². The maximum Gasteiger partial charge on any atom is 0.325 e. The monoisotopic (exact) mass is 340 g/mol. The molecule has 0 saturated carbocycles. The van der Waals surface area contributed by atoms with Gasteiger partial charge in [0.2, 0.25) is 5.13 Å². The minimum Gasteiger partial charge on any atom is -0.308 e. The molecule has 2 aromatic carbocycles. The molecule has 0 fully saturated rings. The zero-order valence-electron chi connectivity index (χ0n) is 12.4. The molecule has 3 aromatic rings. The molecule has 2 amide bonds. The minimum absolute atomic E-state index is 0.361. The van der Waals surface area contributed by atoms with Crippen LogP contribution in [-0.2, 0) is 0 Å². The predicted octanol–water partition coefficient (Wildman–Crippen LogP) is 4.49. The number of hydrogen-bond acceptors (Lipinski definition) is 4. The highest BCUT2D eigenvalue weighted by atomic mass is 32.1. The van der Waals surface area contributed by atoms with E-state index in [2.05, 4.69) is 20.8 Å². The molecule has 2 N–H and O–H groups in total.